The summed E-state index contributed by atoms with van der Waals surface area (Å²) in [5.74, 6) is 0.861. The van der Waals surface area contributed by atoms with E-state index in [4.69, 9.17) is 0 Å². The van der Waals surface area contributed by atoms with Crippen LogP contribution in [-0.4, -0.2) is 48.5 Å². The molecule has 0 radical (unpaired) electrons. The molecule has 0 bridgehead atoms. The Morgan fingerprint density at radius 2 is 1.85 bits per heavy atom. The standard InChI is InChI=1S/C17H18N4O3S2/c1-19-14-6-5-13(12-15(14)25-17(19)22)26(23,24)21-10-8-20(9-11-21)16-4-2-3-7-18-16/h2-7,12H,8-11H2,1H3. The molecule has 0 atom stereocenters. The molecule has 1 aliphatic heterocycles. The van der Waals surface area contributed by atoms with Gasteiger partial charge in [-0.3, -0.25) is 4.79 Å². The molecule has 9 heteroatoms. The summed E-state index contributed by atoms with van der Waals surface area (Å²) in [6, 6.07) is 10.6. The summed E-state index contributed by atoms with van der Waals surface area (Å²) in [5.41, 5.74) is 0.749. The molecule has 0 saturated carbocycles. The van der Waals surface area contributed by atoms with E-state index in [2.05, 4.69) is 9.88 Å². The number of aryl methyl sites for hydroxylation is 1. The Labute approximate surface area is 155 Å². The summed E-state index contributed by atoms with van der Waals surface area (Å²) in [6.45, 7) is 2.00. The minimum Gasteiger partial charge on any atom is -0.354 e. The maximum absolute atomic E-state index is 13.0. The van der Waals surface area contributed by atoms with E-state index in [1.807, 2.05) is 18.2 Å². The molecule has 136 valence electrons. The first-order valence-electron chi connectivity index (χ1n) is 8.22. The van der Waals surface area contributed by atoms with Gasteiger partial charge in [0.05, 0.1) is 15.1 Å². The first kappa shape index (κ1) is 17.2. The molecule has 3 heterocycles. The lowest BCUT2D eigenvalue weighted by molar-refractivity contribution is 0.384. The van der Waals surface area contributed by atoms with Gasteiger partial charge >= 0.3 is 4.87 Å². The van der Waals surface area contributed by atoms with Crippen molar-refractivity contribution in [3.8, 4) is 0 Å². The first-order chi connectivity index (χ1) is 12.5. The quantitative estimate of drug-likeness (QED) is 0.678. The van der Waals surface area contributed by atoms with Crippen LogP contribution in [0.5, 0.6) is 0 Å². The summed E-state index contributed by atoms with van der Waals surface area (Å²) in [4.78, 5) is 18.3. The summed E-state index contributed by atoms with van der Waals surface area (Å²) in [5, 5.41) is 0. The SMILES string of the molecule is Cn1c(=O)sc2cc(S(=O)(=O)N3CCN(c4ccccn4)CC3)ccc21. The number of anilines is 1. The average Bonchev–Trinajstić information content (AvgIpc) is 2.96. The second-order valence-electron chi connectivity index (χ2n) is 6.14. The molecule has 0 spiro atoms. The van der Waals surface area contributed by atoms with Gasteiger partial charge < -0.3 is 9.47 Å². The number of hydrogen-bond donors (Lipinski definition) is 0. The Morgan fingerprint density at radius 1 is 1.08 bits per heavy atom. The van der Waals surface area contributed by atoms with Crippen molar-refractivity contribution in [2.24, 2.45) is 7.05 Å². The monoisotopic (exact) mass is 390 g/mol. The summed E-state index contributed by atoms with van der Waals surface area (Å²) >= 11 is 1.06. The number of piperazine rings is 1. The third-order valence-electron chi connectivity index (χ3n) is 4.61. The van der Waals surface area contributed by atoms with Crippen LogP contribution in [0.15, 0.2) is 52.3 Å². The second-order valence-corrected chi connectivity index (χ2v) is 9.07. The zero-order chi connectivity index (χ0) is 18.3. The number of fused-ring (bicyclic) bond motifs is 1. The largest absolute Gasteiger partial charge is 0.354 e. The minimum atomic E-state index is -3.58. The van der Waals surface area contributed by atoms with Gasteiger partial charge in [0.25, 0.3) is 0 Å². The lowest BCUT2D eigenvalue weighted by Crippen LogP contribution is -2.48. The number of hydrogen-bond acceptors (Lipinski definition) is 6. The number of thiazole rings is 1. The molecule has 0 N–H and O–H groups in total. The molecule has 1 saturated heterocycles. The van der Waals surface area contributed by atoms with Crippen LogP contribution < -0.4 is 9.77 Å². The van der Waals surface area contributed by atoms with E-state index in [9.17, 15) is 13.2 Å². The minimum absolute atomic E-state index is 0.0986. The third kappa shape index (κ3) is 2.91. The predicted molar refractivity (Wildman–Crippen MR) is 102 cm³/mol. The van der Waals surface area contributed by atoms with Gasteiger partial charge in [-0.2, -0.15) is 4.31 Å². The van der Waals surface area contributed by atoms with Crippen LogP contribution in [0.25, 0.3) is 10.2 Å². The lowest BCUT2D eigenvalue weighted by Gasteiger charge is -2.34. The van der Waals surface area contributed by atoms with Crippen LogP contribution in [-0.2, 0) is 17.1 Å². The average molecular weight is 390 g/mol. The van der Waals surface area contributed by atoms with Gasteiger partial charge in [0, 0.05) is 39.4 Å². The van der Waals surface area contributed by atoms with Crippen molar-refractivity contribution in [1.29, 1.82) is 0 Å². The molecule has 7 nitrogen and oxygen atoms in total. The smallest absolute Gasteiger partial charge is 0.307 e. The molecule has 0 aliphatic carbocycles. The topological polar surface area (TPSA) is 75.5 Å². The fraction of sp³-hybridized carbons (Fsp3) is 0.294. The van der Waals surface area contributed by atoms with Crippen LogP contribution in [0, 0.1) is 0 Å². The van der Waals surface area contributed by atoms with Gasteiger partial charge in [0.15, 0.2) is 0 Å². The van der Waals surface area contributed by atoms with E-state index in [0.29, 0.717) is 30.9 Å². The van der Waals surface area contributed by atoms with Gasteiger partial charge in [0.2, 0.25) is 10.0 Å². The molecular formula is C17H18N4O3S2. The normalized spacial score (nSPS) is 16.3. The van der Waals surface area contributed by atoms with Gasteiger partial charge in [-0.05, 0) is 30.3 Å². The highest BCUT2D eigenvalue weighted by Gasteiger charge is 2.29. The maximum Gasteiger partial charge on any atom is 0.307 e. The fourth-order valence-corrected chi connectivity index (χ4v) is 5.56. The van der Waals surface area contributed by atoms with Crippen LogP contribution in [0.3, 0.4) is 0 Å². The third-order valence-corrected chi connectivity index (χ3v) is 7.50. The Morgan fingerprint density at radius 3 is 2.54 bits per heavy atom. The number of rotatable bonds is 3. The summed E-state index contributed by atoms with van der Waals surface area (Å²) in [7, 11) is -1.89. The molecule has 3 aromatic rings. The van der Waals surface area contributed by atoms with Crippen molar-refractivity contribution in [3.05, 3.63) is 52.3 Å². The number of aromatic nitrogens is 2. The van der Waals surface area contributed by atoms with Crippen molar-refractivity contribution in [2.45, 2.75) is 4.90 Å². The highest BCUT2D eigenvalue weighted by Crippen LogP contribution is 2.25. The lowest BCUT2D eigenvalue weighted by atomic mass is 10.3. The van der Waals surface area contributed by atoms with Crippen molar-refractivity contribution >= 4 is 37.4 Å². The first-order valence-corrected chi connectivity index (χ1v) is 10.5. The molecule has 2 aromatic heterocycles. The van der Waals surface area contributed by atoms with Gasteiger partial charge in [-0.1, -0.05) is 17.4 Å². The second kappa shape index (κ2) is 6.49. The molecule has 1 aliphatic rings. The Hall–Kier alpha value is -2.23. The molecule has 0 amide bonds. The Balaban J connectivity index is 1.57. The zero-order valence-electron chi connectivity index (χ0n) is 14.2. The fourth-order valence-electron chi connectivity index (χ4n) is 3.12. The summed E-state index contributed by atoms with van der Waals surface area (Å²) < 4.78 is 29.7. The Kier molecular flexibility index (Phi) is 4.29. The molecule has 26 heavy (non-hydrogen) atoms. The van der Waals surface area contributed by atoms with Crippen molar-refractivity contribution in [1.82, 2.24) is 13.9 Å². The van der Waals surface area contributed by atoms with Crippen LogP contribution in [0.1, 0.15) is 0 Å². The molecule has 1 fully saturated rings. The number of pyridine rings is 1. The predicted octanol–water partition coefficient (Wildman–Crippen LogP) is 1.51. The van der Waals surface area contributed by atoms with Crippen LogP contribution >= 0.6 is 11.3 Å². The molecule has 1 aromatic carbocycles. The van der Waals surface area contributed by atoms with E-state index in [-0.39, 0.29) is 9.77 Å². The van der Waals surface area contributed by atoms with E-state index in [1.54, 1.807) is 31.4 Å². The maximum atomic E-state index is 13.0. The van der Waals surface area contributed by atoms with E-state index in [1.165, 1.54) is 8.87 Å². The van der Waals surface area contributed by atoms with Crippen molar-refractivity contribution < 1.29 is 8.42 Å². The Bertz CT molecular complexity index is 1100. The number of nitrogens with zero attached hydrogens (tertiary/aromatic N) is 4. The van der Waals surface area contributed by atoms with Gasteiger partial charge in [-0.15, -0.1) is 0 Å². The van der Waals surface area contributed by atoms with Crippen LogP contribution in [0.4, 0.5) is 5.82 Å². The van der Waals surface area contributed by atoms with Gasteiger partial charge in [-0.25, -0.2) is 13.4 Å². The van der Waals surface area contributed by atoms with Gasteiger partial charge in [0.1, 0.15) is 5.82 Å². The van der Waals surface area contributed by atoms with Crippen molar-refractivity contribution in [2.75, 3.05) is 31.1 Å². The molecule has 0 unspecified atom stereocenters. The molecular weight excluding hydrogens is 372 g/mol. The van der Waals surface area contributed by atoms with Crippen molar-refractivity contribution in [3.63, 3.8) is 0 Å². The van der Waals surface area contributed by atoms with E-state index >= 15 is 0 Å². The number of benzene rings is 1. The molecule has 4 rings (SSSR count). The zero-order valence-corrected chi connectivity index (χ0v) is 15.8. The van der Waals surface area contributed by atoms with E-state index < -0.39 is 10.0 Å². The summed E-state index contributed by atoms with van der Waals surface area (Å²) in [6.07, 6.45) is 1.74. The highest BCUT2D eigenvalue weighted by molar-refractivity contribution is 7.89. The van der Waals surface area contributed by atoms with Crippen LogP contribution in [0.2, 0.25) is 0 Å². The van der Waals surface area contributed by atoms with E-state index in [0.717, 1.165) is 22.7 Å². The highest BCUT2D eigenvalue weighted by atomic mass is 32.2. The number of sulfonamides is 1.